The van der Waals surface area contributed by atoms with E-state index in [-0.39, 0.29) is 12.0 Å². The van der Waals surface area contributed by atoms with Gasteiger partial charge in [0, 0.05) is 39.3 Å². The molecule has 1 amide bonds. The molecule has 138 valence electrons. The summed E-state index contributed by atoms with van der Waals surface area (Å²) in [5, 5.41) is 3.00. The molecule has 3 rings (SSSR count). The summed E-state index contributed by atoms with van der Waals surface area (Å²) in [7, 11) is 2.18. The van der Waals surface area contributed by atoms with E-state index in [9.17, 15) is 4.79 Å². The SMILES string of the molecule is C[C@@H](OCC1CC1)C(=O)NCc1cccc(CN2CCN(C)CC2)c1. The number of hydrogen-bond donors (Lipinski definition) is 1. The molecule has 0 spiro atoms. The van der Waals surface area contributed by atoms with Gasteiger partial charge in [0.25, 0.3) is 0 Å². The van der Waals surface area contributed by atoms with E-state index >= 15 is 0 Å². The maximum absolute atomic E-state index is 12.1. The van der Waals surface area contributed by atoms with Gasteiger partial charge in [0.1, 0.15) is 6.10 Å². The minimum Gasteiger partial charge on any atom is -0.368 e. The number of carbonyl (C=O) groups is 1. The van der Waals surface area contributed by atoms with Gasteiger partial charge in [0.15, 0.2) is 0 Å². The molecule has 1 heterocycles. The van der Waals surface area contributed by atoms with Crippen molar-refractivity contribution in [3.63, 3.8) is 0 Å². The zero-order chi connectivity index (χ0) is 17.6. The van der Waals surface area contributed by atoms with Crippen molar-refractivity contribution in [2.45, 2.75) is 39.0 Å². The second-order valence-electron chi connectivity index (χ2n) is 7.54. The van der Waals surface area contributed by atoms with Gasteiger partial charge in [-0.3, -0.25) is 9.69 Å². The number of amides is 1. The molecule has 1 aliphatic heterocycles. The number of piperazine rings is 1. The number of benzene rings is 1. The Kier molecular flexibility index (Phi) is 6.45. The summed E-state index contributed by atoms with van der Waals surface area (Å²) in [5.41, 5.74) is 2.46. The van der Waals surface area contributed by atoms with Gasteiger partial charge in [-0.25, -0.2) is 0 Å². The van der Waals surface area contributed by atoms with E-state index in [1.807, 2.05) is 6.92 Å². The topological polar surface area (TPSA) is 44.8 Å². The van der Waals surface area contributed by atoms with Gasteiger partial charge in [-0.1, -0.05) is 24.3 Å². The summed E-state index contributed by atoms with van der Waals surface area (Å²) in [4.78, 5) is 17.0. The number of hydrogen-bond acceptors (Lipinski definition) is 4. The van der Waals surface area contributed by atoms with Crippen LogP contribution in [0.5, 0.6) is 0 Å². The van der Waals surface area contributed by atoms with Crippen molar-refractivity contribution in [1.29, 1.82) is 0 Å². The molecule has 1 aromatic carbocycles. The van der Waals surface area contributed by atoms with Crippen LogP contribution in [0.1, 0.15) is 30.9 Å². The fraction of sp³-hybridized carbons (Fsp3) is 0.650. The molecule has 2 aliphatic rings. The van der Waals surface area contributed by atoms with Crippen LogP contribution < -0.4 is 5.32 Å². The third-order valence-corrected chi connectivity index (χ3v) is 5.11. The monoisotopic (exact) mass is 345 g/mol. The molecule has 1 saturated heterocycles. The summed E-state index contributed by atoms with van der Waals surface area (Å²) >= 11 is 0. The summed E-state index contributed by atoms with van der Waals surface area (Å²) in [6.07, 6.45) is 2.12. The second-order valence-corrected chi connectivity index (χ2v) is 7.54. The van der Waals surface area contributed by atoms with Crippen LogP contribution in [0.25, 0.3) is 0 Å². The van der Waals surface area contributed by atoms with E-state index in [1.165, 1.54) is 18.4 Å². The van der Waals surface area contributed by atoms with E-state index in [0.717, 1.165) is 44.9 Å². The number of rotatable bonds is 8. The first-order chi connectivity index (χ1) is 12.1. The van der Waals surface area contributed by atoms with Crippen LogP contribution >= 0.6 is 0 Å². The molecule has 1 aromatic rings. The number of nitrogens with zero attached hydrogens (tertiary/aromatic N) is 2. The van der Waals surface area contributed by atoms with Crippen molar-refractivity contribution in [2.75, 3.05) is 39.8 Å². The van der Waals surface area contributed by atoms with Crippen LogP contribution in [0.4, 0.5) is 0 Å². The molecule has 1 N–H and O–H groups in total. The van der Waals surface area contributed by atoms with E-state index in [2.05, 4.69) is 46.4 Å². The normalized spacial score (nSPS) is 20.4. The Morgan fingerprint density at radius 3 is 2.68 bits per heavy atom. The Morgan fingerprint density at radius 2 is 1.96 bits per heavy atom. The lowest BCUT2D eigenvalue weighted by Crippen LogP contribution is -2.43. The molecule has 2 fully saturated rings. The Morgan fingerprint density at radius 1 is 1.24 bits per heavy atom. The molecule has 1 atom stereocenters. The molecule has 5 heteroatoms. The number of nitrogens with one attached hydrogen (secondary N) is 1. The average Bonchev–Trinajstić information content (AvgIpc) is 3.44. The molecule has 0 unspecified atom stereocenters. The third kappa shape index (κ3) is 6.10. The highest BCUT2D eigenvalue weighted by molar-refractivity contribution is 5.80. The van der Waals surface area contributed by atoms with E-state index in [1.54, 1.807) is 0 Å². The van der Waals surface area contributed by atoms with Crippen molar-refractivity contribution in [3.8, 4) is 0 Å². The summed E-state index contributed by atoms with van der Waals surface area (Å²) in [6, 6.07) is 8.53. The number of ether oxygens (including phenoxy) is 1. The summed E-state index contributed by atoms with van der Waals surface area (Å²) < 4.78 is 5.63. The van der Waals surface area contributed by atoms with Gasteiger partial charge in [-0.15, -0.1) is 0 Å². The van der Waals surface area contributed by atoms with Gasteiger partial charge >= 0.3 is 0 Å². The lowest BCUT2D eigenvalue weighted by molar-refractivity contribution is -0.132. The van der Waals surface area contributed by atoms with Gasteiger partial charge < -0.3 is 15.0 Å². The van der Waals surface area contributed by atoms with Crippen LogP contribution in [-0.4, -0.2) is 61.6 Å². The van der Waals surface area contributed by atoms with E-state index in [0.29, 0.717) is 12.5 Å². The summed E-state index contributed by atoms with van der Waals surface area (Å²) in [5.74, 6) is 0.659. The van der Waals surface area contributed by atoms with Crippen molar-refractivity contribution in [3.05, 3.63) is 35.4 Å². The highest BCUT2D eigenvalue weighted by Crippen LogP contribution is 2.29. The molecule has 0 radical (unpaired) electrons. The molecule has 1 aliphatic carbocycles. The van der Waals surface area contributed by atoms with Crippen LogP contribution in [0.15, 0.2) is 24.3 Å². The Bertz CT molecular complexity index is 566. The van der Waals surface area contributed by atoms with Crippen molar-refractivity contribution in [2.24, 2.45) is 5.92 Å². The number of likely N-dealkylation sites (N-methyl/N-ethyl adjacent to an activating group) is 1. The highest BCUT2D eigenvalue weighted by Gasteiger charge is 2.24. The van der Waals surface area contributed by atoms with Crippen LogP contribution in [0.2, 0.25) is 0 Å². The van der Waals surface area contributed by atoms with Gasteiger partial charge in [-0.2, -0.15) is 0 Å². The average molecular weight is 345 g/mol. The minimum absolute atomic E-state index is 0.0230. The molecule has 5 nitrogen and oxygen atoms in total. The standard InChI is InChI=1S/C20H31N3O2/c1-16(25-15-17-6-7-17)20(24)21-13-18-4-3-5-19(12-18)14-23-10-8-22(2)9-11-23/h3-5,12,16-17H,6-11,13-15H2,1-2H3,(H,21,24)/t16-/m1/s1. The zero-order valence-corrected chi connectivity index (χ0v) is 15.5. The van der Waals surface area contributed by atoms with Gasteiger partial charge in [0.2, 0.25) is 5.91 Å². The van der Waals surface area contributed by atoms with Crippen LogP contribution in [0.3, 0.4) is 0 Å². The Hall–Kier alpha value is -1.43. The fourth-order valence-electron chi connectivity index (χ4n) is 3.08. The quantitative estimate of drug-likeness (QED) is 0.781. The van der Waals surface area contributed by atoms with Crippen LogP contribution in [0, 0.1) is 5.92 Å². The van der Waals surface area contributed by atoms with Crippen molar-refractivity contribution >= 4 is 5.91 Å². The molecular weight excluding hydrogens is 314 g/mol. The van der Waals surface area contributed by atoms with Crippen LogP contribution in [-0.2, 0) is 22.6 Å². The minimum atomic E-state index is -0.367. The maximum Gasteiger partial charge on any atom is 0.249 e. The Labute approximate surface area is 151 Å². The van der Waals surface area contributed by atoms with E-state index < -0.39 is 0 Å². The maximum atomic E-state index is 12.1. The lowest BCUT2D eigenvalue weighted by atomic mass is 10.1. The first-order valence-corrected chi connectivity index (χ1v) is 9.48. The van der Waals surface area contributed by atoms with Gasteiger partial charge in [-0.05, 0) is 43.9 Å². The first kappa shape index (κ1) is 18.4. The predicted molar refractivity (Wildman–Crippen MR) is 99.2 cm³/mol. The third-order valence-electron chi connectivity index (χ3n) is 5.11. The molecule has 1 saturated carbocycles. The Balaban J connectivity index is 1.43. The second kappa shape index (κ2) is 8.79. The van der Waals surface area contributed by atoms with Crippen molar-refractivity contribution < 1.29 is 9.53 Å². The lowest BCUT2D eigenvalue weighted by Gasteiger charge is -2.32. The molecule has 0 aromatic heterocycles. The molecule has 0 bridgehead atoms. The smallest absolute Gasteiger partial charge is 0.249 e. The van der Waals surface area contributed by atoms with E-state index in [4.69, 9.17) is 4.74 Å². The fourth-order valence-corrected chi connectivity index (χ4v) is 3.08. The molecule has 25 heavy (non-hydrogen) atoms. The zero-order valence-electron chi connectivity index (χ0n) is 15.5. The van der Waals surface area contributed by atoms with Crippen molar-refractivity contribution in [1.82, 2.24) is 15.1 Å². The first-order valence-electron chi connectivity index (χ1n) is 9.48. The summed E-state index contributed by atoms with van der Waals surface area (Å²) in [6.45, 7) is 8.60. The van der Waals surface area contributed by atoms with Gasteiger partial charge in [0.05, 0.1) is 6.61 Å². The number of carbonyl (C=O) groups excluding carboxylic acids is 1. The highest BCUT2D eigenvalue weighted by atomic mass is 16.5. The molecular formula is C20H31N3O2. The predicted octanol–water partition coefficient (Wildman–Crippen LogP) is 1.87. The largest absolute Gasteiger partial charge is 0.368 e.